The van der Waals surface area contributed by atoms with E-state index in [0.29, 0.717) is 6.04 Å². The molecule has 5 heteroatoms. The third kappa shape index (κ3) is 3.20. The monoisotopic (exact) mass is 336 g/mol. The van der Waals surface area contributed by atoms with E-state index in [9.17, 15) is 0 Å². The average molecular weight is 337 g/mol. The van der Waals surface area contributed by atoms with Crippen LogP contribution < -0.4 is 5.32 Å². The average Bonchev–Trinajstić information content (AvgIpc) is 2.61. The summed E-state index contributed by atoms with van der Waals surface area (Å²) >= 11 is 3.47. The Morgan fingerprint density at radius 1 is 1.35 bits per heavy atom. The number of pyridine rings is 1. The van der Waals surface area contributed by atoms with Gasteiger partial charge in [0.1, 0.15) is 5.82 Å². The molecule has 0 fully saturated rings. The molecule has 0 aliphatic rings. The van der Waals surface area contributed by atoms with E-state index in [0.717, 1.165) is 22.4 Å². The van der Waals surface area contributed by atoms with Gasteiger partial charge in [-0.3, -0.25) is 4.68 Å². The molecular formula is C15H21BrN4. The van der Waals surface area contributed by atoms with Gasteiger partial charge in [-0.1, -0.05) is 0 Å². The third-order valence-corrected chi connectivity index (χ3v) is 4.44. The molecule has 0 radical (unpaired) electrons. The first-order valence-electron chi connectivity index (χ1n) is 6.76. The molecule has 0 saturated carbocycles. The highest BCUT2D eigenvalue weighted by Gasteiger charge is 2.13. The molecule has 1 unspecified atom stereocenters. The summed E-state index contributed by atoms with van der Waals surface area (Å²) in [4.78, 5) is 4.39. The van der Waals surface area contributed by atoms with E-state index in [-0.39, 0.29) is 0 Å². The van der Waals surface area contributed by atoms with E-state index >= 15 is 0 Å². The number of rotatable bonds is 4. The molecule has 1 N–H and O–H groups in total. The molecular weight excluding hydrogens is 316 g/mol. The maximum Gasteiger partial charge on any atom is 0.126 e. The Kier molecular flexibility index (Phi) is 4.48. The van der Waals surface area contributed by atoms with Crippen molar-refractivity contribution in [3.05, 3.63) is 39.3 Å². The van der Waals surface area contributed by atoms with Gasteiger partial charge in [0.15, 0.2) is 0 Å². The molecule has 0 aliphatic carbocycles. The van der Waals surface area contributed by atoms with Gasteiger partial charge in [0.05, 0.1) is 5.69 Å². The topological polar surface area (TPSA) is 42.7 Å². The fourth-order valence-electron chi connectivity index (χ4n) is 2.34. The Hall–Kier alpha value is -1.36. The highest BCUT2D eigenvalue weighted by molar-refractivity contribution is 9.10. The lowest BCUT2D eigenvalue weighted by atomic mass is 10.1. The number of halogens is 1. The molecule has 0 spiro atoms. The van der Waals surface area contributed by atoms with Crippen LogP contribution in [0, 0.1) is 20.8 Å². The van der Waals surface area contributed by atoms with E-state index in [1.807, 2.05) is 17.9 Å². The van der Waals surface area contributed by atoms with Gasteiger partial charge in [-0.2, -0.15) is 5.10 Å². The minimum absolute atomic E-state index is 0.310. The van der Waals surface area contributed by atoms with Crippen molar-refractivity contribution in [1.82, 2.24) is 14.8 Å². The normalized spacial score (nSPS) is 12.5. The number of anilines is 1. The summed E-state index contributed by atoms with van der Waals surface area (Å²) in [5, 5.41) is 7.92. The summed E-state index contributed by atoms with van der Waals surface area (Å²) in [7, 11) is 1.99. The number of aryl methyl sites for hydroxylation is 3. The standard InChI is InChI=1S/C15H21BrN4/c1-9-6-15(17-8-14(9)16)18-10(2)7-13-11(3)19-20(5)12(13)4/h6,8,10H,7H2,1-5H3,(H,17,18). The Labute approximate surface area is 128 Å². The lowest BCUT2D eigenvalue weighted by Crippen LogP contribution is -2.19. The molecule has 0 aromatic carbocycles. The first kappa shape index (κ1) is 15.0. The molecule has 0 amide bonds. The molecule has 0 aliphatic heterocycles. The molecule has 0 bridgehead atoms. The summed E-state index contributed by atoms with van der Waals surface area (Å²) in [6.07, 6.45) is 2.78. The van der Waals surface area contributed by atoms with Crippen LogP contribution in [0.15, 0.2) is 16.7 Å². The Balaban J connectivity index is 2.08. The van der Waals surface area contributed by atoms with Crippen LogP contribution in [-0.2, 0) is 13.5 Å². The zero-order valence-corrected chi connectivity index (χ0v) is 14.2. The van der Waals surface area contributed by atoms with Crippen molar-refractivity contribution in [2.45, 2.75) is 40.2 Å². The molecule has 2 rings (SSSR count). The van der Waals surface area contributed by atoms with Gasteiger partial charge in [-0.05, 0) is 67.2 Å². The van der Waals surface area contributed by atoms with E-state index < -0.39 is 0 Å². The molecule has 108 valence electrons. The fraction of sp³-hybridized carbons (Fsp3) is 0.467. The van der Waals surface area contributed by atoms with Gasteiger partial charge in [-0.25, -0.2) is 4.98 Å². The van der Waals surface area contributed by atoms with Crippen molar-refractivity contribution in [3.8, 4) is 0 Å². The number of hydrogen-bond donors (Lipinski definition) is 1. The molecule has 4 nitrogen and oxygen atoms in total. The van der Waals surface area contributed by atoms with Crippen molar-refractivity contribution in [2.75, 3.05) is 5.32 Å². The van der Waals surface area contributed by atoms with Crippen molar-refractivity contribution in [3.63, 3.8) is 0 Å². The highest BCUT2D eigenvalue weighted by atomic mass is 79.9. The first-order chi connectivity index (χ1) is 9.38. The van der Waals surface area contributed by atoms with Crippen LogP contribution in [0.1, 0.15) is 29.4 Å². The molecule has 2 aromatic heterocycles. The van der Waals surface area contributed by atoms with Crippen molar-refractivity contribution in [1.29, 1.82) is 0 Å². The second kappa shape index (κ2) is 5.95. The fourth-order valence-corrected chi connectivity index (χ4v) is 2.56. The van der Waals surface area contributed by atoms with Crippen LogP contribution in [0.4, 0.5) is 5.82 Å². The SMILES string of the molecule is Cc1cc(NC(C)Cc2c(C)nn(C)c2C)ncc1Br. The van der Waals surface area contributed by atoms with Crippen LogP contribution in [0.2, 0.25) is 0 Å². The Bertz CT molecular complexity index is 619. The van der Waals surface area contributed by atoms with E-state index in [1.54, 1.807) is 0 Å². The quantitative estimate of drug-likeness (QED) is 0.928. The van der Waals surface area contributed by atoms with Crippen LogP contribution in [0.5, 0.6) is 0 Å². The minimum atomic E-state index is 0.310. The summed E-state index contributed by atoms with van der Waals surface area (Å²) in [6.45, 7) is 8.42. The predicted octanol–water partition coefficient (Wildman–Crippen LogP) is 3.55. The van der Waals surface area contributed by atoms with Gasteiger partial charge in [0.25, 0.3) is 0 Å². The van der Waals surface area contributed by atoms with E-state index in [4.69, 9.17) is 0 Å². The lowest BCUT2D eigenvalue weighted by molar-refractivity contribution is 0.726. The van der Waals surface area contributed by atoms with Crippen LogP contribution in [0.3, 0.4) is 0 Å². The second-order valence-electron chi connectivity index (χ2n) is 5.34. The van der Waals surface area contributed by atoms with Gasteiger partial charge in [0, 0.05) is 29.5 Å². The summed E-state index contributed by atoms with van der Waals surface area (Å²) < 4.78 is 2.98. The van der Waals surface area contributed by atoms with Crippen LogP contribution in [-0.4, -0.2) is 20.8 Å². The van der Waals surface area contributed by atoms with E-state index in [1.165, 1.54) is 16.8 Å². The van der Waals surface area contributed by atoms with Crippen molar-refractivity contribution in [2.24, 2.45) is 7.05 Å². The Morgan fingerprint density at radius 2 is 2.05 bits per heavy atom. The van der Waals surface area contributed by atoms with Gasteiger partial charge in [0.2, 0.25) is 0 Å². The van der Waals surface area contributed by atoms with Crippen LogP contribution >= 0.6 is 15.9 Å². The second-order valence-corrected chi connectivity index (χ2v) is 6.20. The summed E-state index contributed by atoms with van der Waals surface area (Å²) in [5.74, 6) is 0.914. The maximum atomic E-state index is 4.46. The maximum absolute atomic E-state index is 4.46. The number of nitrogens with one attached hydrogen (secondary N) is 1. The third-order valence-electron chi connectivity index (χ3n) is 3.61. The van der Waals surface area contributed by atoms with Gasteiger partial charge >= 0.3 is 0 Å². The summed E-state index contributed by atoms with van der Waals surface area (Å²) in [5.41, 5.74) is 4.85. The molecule has 2 aromatic rings. The van der Waals surface area contributed by atoms with E-state index in [2.05, 4.69) is 65.1 Å². The molecule has 2 heterocycles. The predicted molar refractivity (Wildman–Crippen MR) is 86.1 cm³/mol. The van der Waals surface area contributed by atoms with Gasteiger partial charge < -0.3 is 5.32 Å². The molecule has 1 atom stereocenters. The molecule has 20 heavy (non-hydrogen) atoms. The van der Waals surface area contributed by atoms with Crippen molar-refractivity contribution >= 4 is 21.7 Å². The minimum Gasteiger partial charge on any atom is -0.367 e. The summed E-state index contributed by atoms with van der Waals surface area (Å²) in [6, 6.07) is 2.37. The first-order valence-corrected chi connectivity index (χ1v) is 7.55. The Morgan fingerprint density at radius 3 is 2.60 bits per heavy atom. The number of aromatic nitrogens is 3. The molecule has 0 saturated heterocycles. The lowest BCUT2D eigenvalue weighted by Gasteiger charge is -2.15. The van der Waals surface area contributed by atoms with Gasteiger partial charge in [-0.15, -0.1) is 0 Å². The van der Waals surface area contributed by atoms with Crippen molar-refractivity contribution < 1.29 is 0 Å². The zero-order chi connectivity index (χ0) is 14.9. The highest BCUT2D eigenvalue weighted by Crippen LogP contribution is 2.19. The smallest absolute Gasteiger partial charge is 0.126 e. The number of nitrogens with zero attached hydrogens (tertiary/aromatic N) is 3. The van der Waals surface area contributed by atoms with Crippen LogP contribution in [0.25, 0.3) is 0 Å². The zero-order valence-electron chi connectivity index (χ0n) is 12.7. The number of hydrogen-bond acceptors (Lipinski definition) is 3. The largest absolute Gasteiger partial charge is 0.367 e.